The van der Waals surface area contributed by atoms with E-state index in [0.717, 1.165) is 17.1 Å². The third-order valence-corrected chi connectivity index (χ3v) is 14.0. The van der Waals surface area contributed by atoms with Gasteiger partial charge in [0.2, 0.25) is 0 Å². The topological polar surface area (TPSA) is 8.17 Å². The van der Waals surface area contributed by atoms with Gasteiger partial charge in [-0.2, -0.15) is 0 Å². The van der Waals surface area contributed by atoms with Crippen molar-refractivity contribution < 1.29 is 0 Å². The maximum Gasteiger partial charge on any atom is 0.0720 e. The van der Waals surface area contributed by atoms with E-state index < -0.39 is 5.41 Å². The first-order chi connectivity index (χ1) is 29.5. The number of rotatable bonds is 4. The molecule has 0 fully saturated rings. The molecule has 13 rings (SSSR count). The van der Waals surface area contributed by atoms with E-state index in [2.05, 4.69) is 230 Å². The molecule has 0 bridgehead atoms. The predicted molar refractivity (Wildman–Crippen MR) is 249 cm³/mol. The van der Waals surface area contributed by atoms with Gasteiger partial charge in [-0.15, -0.1) is 0 Å². The zero-order chi connectivity index (χ0) is 39.7. The Balaban J connectivity index is 1.13. The number of aromatic nitrogens is 1. The Morgan fingerprint density at radius 3 is 1.68 bits per heavy atom. The molecule has 0 atom stereocenters. The molecular weight excluding hydrogens is 725 g/mol. The largest absolute Gasteiger partial charge is 0.310 e. The molecule has 1 spiro atoms. The van der Waals surface area contributed by atoms with Crippen LogP contribution in [0.25, 0.3) is 60.9 Å². The fourth-order valence-electron chi connectivity index (χ4n) is 11.5. The second-order valence-corrected chi connectivity index (χ2v) is 17.2. The Hall–Kier alpha value is -7.42. The van der Waals surface area contributed by atoms with Gasteiger partial charge in [0.25, 0.3) is 0 Å². The maximum atomic E-state index is 2.58. The monoisotopic (exact) mass is 764 g/mol. The lowest BCUT2D eigenvalue weighted by Crippen LogP contribution is -2.40. The van der Waals surface area contributed by atoms with Crippen LogP contribution < -0.4 is 4.90 Å². The molecule has 2 aliphatic carbocycles. The Morgan fingerprint density at radius 2 is 0.950 bits per heavy atom. The lowest BCUT2D eigenvalue weighted by Gasteiger charge is -2.46. The fraction of sp³-hybridized carbons (Fsp3) is 0.0690. The summed E-state index contributed by atoms with van der Waals surface area (Å²) < 4.78 is 2.58. The van der Waals surface area contributed by atoms with Crippen LogP contribution in [0.1, 0.15) is 47.2 Å². The normalized spacial score (nSPS) is 14.4. The highest BCUT2D eigenvalue weighted by atomic mass is 15.1. The number of hydrogen-bond donors (Lipinski definition) is 0. The summed E-state index contributed by atoms with van der Waals surface area (Å²) in [5.74, 6) is 0. The van der Waals surface area contributed by atoms with Crippen LogP contribution in [-0.4, -0.2) is 4.57 Å². The van der Waals surface area contributed by atoms with Crippen molar-refractivity contribution in [2.24, 2.45) is 0 Å². The van der Waals surface area contributed by atoms with E-state index in [1.165, 1.54) is 94.3 Å². The summed E-state index contributed by atoms with van der Waals surface area (Å²) in [6.07, 6.45) is 0. The molecule has 0 saturated carbocycles. The molecular formula is C58H40N2. The average Bonchev–Trinajstić information content (AvgIpc) is 3.76. The SMILES string of the molecule is CC1(C)c2ccccc2C2(c3ccccc31)c1cccc3c1-c1c2ccc2c4ccccc4n(c12)-c1ccc(N(c2ccccc2)c2ccc(-c4ccccc4)cc2)cc1-3. The molecule has 9 aromatic carbocycles. The minimum atomic E-state index is -0.482. The summed E-state index contributed by atoms with van der Waals surface area (Å²) in [6, 6.07) is 77.1. The summed E-state index contributed by atoms with van der Waals surface area (Å²) >= 11 is 0. The van der Waals surface area contributed by atoms with Crippen LogP contribution in [-0.2, 0) is 10.8 Å². The number of hydrogen-bond acceptors (Lipinski definition) is 1. The van der Waals surface area contributed by atoms with Gasteiger partial charge >= 0.3 is 0 Å². The molecule has 0 amide bonds. The molecule has 282 valence electrons. The standard InChI is InChI=1S/C58H40N2/c1-57(2)46-22-10-12-24-48(46)58(49-25-13-11-23-47(49)57)50-26-15-21-43-45-36-41(59(39-18-7-4-8-19-39)40-30-28-38(29-31-40)37-16-5-3-6-17-37)32-35-53(45)60-52-27-14-9-20-42(52)44-33-34-51(58)55(54(43)50)56(44)60/h3-36H,1-2H3. The van der Waals surface area contributed by atoms with Crippen LogP contribution in [0.15, 0.2) is 206 Å². The van der Waals surface area contributed by atoms with Crippen molar-refractivity contribution in [2.45, 2.75) is 24.7 Å². The highest BCUT2D eigenvalue weighted by Gasteiger charge is 2.54. The van der Waals surface area contributed by atoms with E-state index in [1.54, 1.807) is 0 Å². The van der Waals surface area contributed by atoms with E-state index in [4.69, 9.17) is 0 Å². The second-order valence-electron chi connectivity index (χ2n) is 17.2. The highest BCUT2D eigenvalue weighted by Crippen LogP contribution is 2.66. The van der Waals surface area contributed by atoms with E-state index in [9.17, 15) is 0 Å². The van der Waals surface area contributed by atoms with Crippen LogP contribution in [0, 0.1) is 0 Å². The van der Waals surface area contributed by atoms with Gasteiger partial charge in [-0.25, -0.2) is 0 Å². The first-order valence-corrected chi connectivity index (χ1v) is 21.1. The summed E-state index contributed by atoms with van der Waals surface area (Å²) in [7, 11) is 0. The molecule has 0 unspecified atom stereocenters. The van der Waals surface area contributed by atoms with Crippen LogP contribution in [0.4, 0.5) is 17.1 Å². The van der Waals surface area contributed by atoms with Crippen molar-refractivity contribution in [1.82, 2.24) is 4.57 Å². The quantitative estimate of drug-likeness (QED) is 0.173. The van der Waals surface area contributed by atoms with Gasteiger partial charge in [0.05, 0.1) is 22.1 Å². The van der Waals surface area contributed by atoms with Crippen molar-refractivity contribution in [3.8, 4) is 39.1 Å². The van der Waals surface area contributed by atoms with Gasteiger partial charge in [-0.05, 0) is 104 Å². The number of anilines is 3. The summed E-state index contributed by atoms with van der Waals surface area (Å²) in [4.78, 5) is 2.41. The zero-order valence-corrected chi connectivity index (χ0v) is 33.5. The van der Waals surface area contributed by atoms with Gasteiger partial charge in [-0.1, -0.05) is 172 Å². The Labute approximate surface area is 350 Å². The molecule has 2 nitrogen and oxygen atoms in total. The summed E-state index contributed by atoms with van der Waals surface area (Å²) in [5.41, 5.74) is 22.4. The number of benzene rings is 9. The van der Waals surface area contributed by atoms with Crippen LogP contribution >= 0.6 is 0 Å². The zero-order valence-electron chi connectivity index (χ0n) is 33.5. The van der Waals surface area contributed by atoms with Gasteiger partial charge in [0.15, 0.2) is 0 Å². The van der Waals surface area contributed by atoms with Gasteiger partial charge in [0.1, 0.15) is 0 Å². The predicted octanol–water partition coefficient (Wildman–Crippen LogP) is 14.9. The molecule has 2 heterocycles. The lowest BCUT2D eigenvalue weighted by atomic mass is 9.55. The first kappa shape index (κ1) is 33.5. The molecule has 60 heavy (non-hydrogen) atoms. The summed E-state index contributed by atoms with van der Waals surface area (Å²) in [5, 5.41) is 2.57. The molecule has 10 aromatic rings. The van der Waals surface area contributed by atoms with Gasteiger partial charge in [-0.3, -0.25) is 0 Å². The Bertz CT molecular complexity index is 3340. The third kappa shape index (κ3) is 4.22. The molecule has 0 N–H and O–H groups in total. The van der Waals surface area contributed by atoms with Gasteiger partial charge in [0, 0.05) is 44.4 Å². The molecule has 1 aliphatic heterocycles. The molecule has 0 saturated heterocycles. The second kappa shape index (κ2) is 12.1. The first-order valence-electron chi connectivity index (χ1n) is 21.1. The molecule has 1 aromatic heterocycles. The lowest BCUT2D eigenvalue weighted by molar-refractivity contribution is 0.563. The average molecular weight is 765 g/mol. The van der Waals surface area contributed by atoms with Crippen molar-refractivity contribution in [2.75, 3.05) is 4.90 Å². The van der Waals surface area contributed by atoms with Crippen molar-refractivity contribution in [3.05, 3.63) is 240 Å². The highest BCUT2D eigenvalue weighted by molar-refractivity contribution is 6.19. The van der Waals surface area contributed by atoms with E-state index in [-0.39, 0.29) is 5.41 Å². The van der Waals surface area contributed by atoms with E-state index in [0.29, 0.717) is 0 Å². The smallest absolute Gasteiger partial charge is 0.0720 e. The fourth-order valence-corrected chi connectivity index (χ4v) is 11.5. The number of para-hydroxylation sites is 2. The minimum Gasteiger partial charge on any atom is -0.310 e. The Kier molecular flexibility index (Phi) is 6.74. The Morgan fingerprint density at radius 1 is 0.383 bits per heavy atom. The number of fused-ring (bicyclic) bond motifs is 12. The third-order valence-electron chi connectivity index (χ3n) is 14.0. The van der Waals surface area contributed by atoms with Gasteiger partial charge < -0.3 is 9.47 Å². The summed E-state index contributed by atoms with van der Waals surface area (Å²) in [6.45, 7) is 4.81. The van der Waals surface area contributed by atoms with Crippen LogP contribution in [0.2, 0.25) is 0 Å². The van der Waals surface area contributed by atoms with E-state index in [1.807, 2.05) is 0 Å². The number of nitrogens with zero attached hydrogens (tertiary/aromatic N) is 2. The van der Waals surface area contributed by atoms with Crippen molar-refractivity contribution >= 4 is 38.9 Å². The van der Waals surface area contributed by atoms with Crippen molar-refractivity contribution in [3.63, 3.8) is 0 Å². The van der Waals surface area contributed by atoms with Crippen molar-refractivity contribution in [1.29, 1.82) is 0 Å². The van der Waals surface area contributed by atoms with Crippen LogP contribution in [0.5, 0.6) is 0 Å². The molecule has 2 heteroatoms. The van der Waals surface area contributed by atoms with Crippen LogP contribution in [0.3, 0.4) is 0 Å². The molecule has 3 aliphatic rings. The van der Waals surface area contributed by atoms with E-state index >= 15 is 0 Å². The molecule has 0 radical (unpaired) electrons. The maximum absolute atomic E-state index is 2.58. The minimum absolute atomic E-state index is 0.156.